The Morgan fingerprint density at radius 1 is 1.18 bits per heavy atom. The van der Waals surface area contributed by atoms with Crippen molar-refractivity contribution >= 4 is 0 Å². The zero-order chi connectivity index (χ0) is 12.3. The number of furan rings is 1. The smallest absolute Gasteiger partial charge is 0.134 e. The van der Waals surface area contributed by atoms with Gasteiger partial charge >= 0.3 is 0 Å². The van der Waals surface area contributed by atoms with Crippen LogP contribution < -0.4 is 5.32 Å². The highest BCUT2D eigenvalue weighted by atomic mass is 16.3. The fourth-order valence-electron chi connectivity index (χ4n) is 1.85. The summed E-state index contributed by atoms with van der Waals surface area (Å²) in [6.07, 6.45) is 0. The Morgan fingerprint density at radius 2 is 2.00 bits per heavy atom. The van der Waals surface area contributed by atoms with E-state index in [1.54, 1.807) is 0 Å². The zero-order valence-corrected chi connectivity index (χ0v) is 10.7. The van der Waals surface area contributed by atoms with Gasteiger partial charge < -0.3 is 9.73 Å². The minimum atomic E-state index is 0.543. The first-order chi connectivity index (χ1) is 8.20. The lowest BCUT2D eigenvalue weighted by Crippen LogP contribution is -2.03. The van der Waals surface area contributed by atoms with Gasteiger partial charge in [-0.3, -0.25) is 0 Å². The third kappa shape index (κ3) is 2.77. The van der Waals surface area contributed by atoms with Crippen molar-refractivity contribution in [3.8, 4) is 11.3 Å². The van der Waals surface area contributed by atoms with Gasteiger partial charge in [0.15, 0.2) is 0 Å². The SMILES string of the molecule is CNCc1ccc(-c2cccc(C(C)C)c2)o1. The summed E-state index contributed by atoms with van der Waals surface area (Å²) < 4.78 is 5.78. The third-order valence-corrected chi connectivity index (χ3v) is 2.85. The van der Waals surface area contributed by atoms with Crippen LogP contribution in [0.3, 0.4) is 0 Å². The first-order valence-corrected chi connectivity index (χ1v) is 6.04. The van der Waals surface area contributed by atoms with Crippen molar-refractivity contribution in [2.45, 2.75) is 26.3 Å². The zero-order valence-electron chi connectivity index (χ0n) is 10.7. The Balaban J connectivity index is 2.28. The summed E-state index contributed by atoms with van der Waals surface area (Å²) in [6, 6.07) is 12.6. The molecule has 1 aromatic heterocycles. The topological polar surface area (TPSA) is 25.2 Å². The fourth-order valence-corrected chi connectivity index (χ4v) is 1.85. The average molecular weight is 229 g/mol. The van der Waals surface area contributed by atoms with E-state index in [0.29, 0.717) is 5.92 Å². The van der Waals surface area contributed by atoms with Gasteiger partial charge in [-0.2, -0.15) is 0 Å². The third-order valence-electron chi connectivity index (χ3n) is 2.85. The summed E-state index contributed by atoms with van der Waals surface area (Å²) in [5.74, 6) is 2.46. The molecule has 2 heteroatoms. The highest BCUT2D eigenvalue weighted by Gasteiger charge is 2.06. The number of nitrogens with one attached hydrogen (secondary N) is 1. The Morgan fingerprint density at radius 3 is 2.71 bits per heavy atom. The summed E-state index contributed by atoms with van der Waals surface area (Å²) in [4.78, 5) is 0. The Kier molecular flexibility index (Phi) is 3.64. The maximum atomic E-state index is 5.78. The first kappa shape index (κ1) is 11.9. The largest absolute Gasteiger partial charge is 0.460 e. The summed E-state index contributed by atoms with van der Waals surface area (Å²) in [5.41, 5.74) is 2.49. The van der Waals surface area contributed by atoms with Crippen LogP contribution in [0.25, 0.3) is 11.3 Å². The van der Waals surface area contributed by atoms with Gasteiger partial charge in [0, 0.05) is 5.56 Å². The molecule has 1 heterocycles. The maximum absolute atomic E-state index is 5.78. The first-order valence-electron chi connectivity index (χ1n) is 6.04. The van der Waals surface area contributed by atoms with Gasteiger partial charge in [-0.25, -0.2) is 0 Å². The van der Waals surface area contributed by atoms with Crippen molar-refractivity contribution < 1.29 is 4.42 Å². The van der Waals surface area contributed by atoms with Crippen molar-refractivity contribution in [1.29, 1.82) is 0 Å². The minimum absolute atomic E-state index is 0.543. The molecular weight excluding hydrogens is 210 g/mol. The number of rotatable bonds is 4. The second kappa shape index (κ2) is 5.19. The van der Waals surface area contributed by atoms with Crippen molar-refractivity contribution in [1.82, 2.24) is 5.32 Å². The molecule has 0 bridgehead atoms. The Hall–Kier alpha value is -1.54. The van der Waals surface area contributed by atoms with E-state index >= 15 is 0 Å². The lowest BCUT2D eigenvalue weighted by Gasteiger charge is -2.06. The molecule has 1 aromatic carbocycles. The predicted molar refractivity (Wildman–Crippen MR) is 71.0 cm³/mol. The number of benzene rings is 1. The molecule has 0 saturated carbocycles. The van der Waals surface area contributed by atoms with Crippen molar-refractivity contribution in [2.24, 2.45) is 0 Å². The molecule has 0 aliphatic heterocycles. The monoisotopic (exact) mass is 229 g/mol. The Labute approximate surface area is 103 Å². The maximum Gasteiger partial charge on any atom is 0.134 e. The summed E-state index contributed by atoms with van der Waals surface area (Å²) in [5, 5.41) is 3.08. The van der Waals surface area contributed by atoms with Crippen LogP contribution in [0.4, 0.5) is 0 Å². The van der Waals surface area contributed by atoms with Crippen LogP contribution in [0.2, 0.25) is 0 Å². The molecule has 2 rings (SSSR count). The molecule has 0 atom stereocenters. The molecule has 17 heavy (non-hydrogen) atoms. The lowest BCUT2D eigenvalue weighted by atomic mass is 10.0. The Bertz CT molecular complexity index is 485. The van der Waals surface area contributed by atoms with Crippen LogP contribution in [0, 0.1) is 0 Å². The van der Waals surface area contributed by atoms with E-state index in [-0.39, 0.29) is 0 Å². The summed E-state index contributed by atoms with van der Waals surface area (Å²) >= 11 is 0. The minimum Gasteiger partial charge on any atom is -0.460 e. The highest BCUT2D eigenvalue weighted by Crippen LogP contribution is 2.25. The molecule has 1 N–H and O–H groups in total. The molecule has 0 aliphatic carbocycles. The van der Waals surface area contributed by atoms with E-state index in [1.165, 1.54) is 5.56 Å². The second-order valence-electron chi connectivity index (χ2n) is 4.58. The van der Waals surface area contributed by atoms with Gasteiger partial charge in [-0.05, 0) is 36.7 Å². The van der Waals surface area contributed by atoms with Crippen LogP contribution in [-0.4, -0.2) is 7.05 Å². The van der Waals surface area contributed by atoms with Crippen LogP contribution in [0.5, 0.6) is 0 Å². The van der Waals surface area contributed by atoms with Gasteiger partial charge in [0.1, 0.15) is 11.5 Å². The molecule has 0 saturated heterocycles. The van der Waals surface area contributed by atoms with Gasteiger partial charge in [0.05, 0.1) is 6.54 Å². The standard InChI is InChI=1S/C15H19NO/c1-11(2)12-5-4-6-13(9-12)15-8-7-14(17-15)10-16-3/h4-9,11,16H,10H2,1-3H3. The van der Waals surface area contributed by atoms with E-state index in [0.717, 1.165) is 23.6 Å². The van der Waals surface area contributed by atoms with Gasteiger partial charge in [0.2, 0.25) is 0 Å². The van der Waals surface area contributed by atoms with Gasteiger partial charge in [-0.1, -0.05) is 32.0 Å². The quantitative estimate of drug-likeness (QED) is 0.863. The van der Waals surface area contributed by atoms with Crippen LogP contribution in [0.15, 0.2) is 40.8 Å². The average Bonchev–Trinajstić information content (AvgIpc) is 2.78. The number of hydrogen-bond acceptors (Lipinski definition) is 2. The van der Waals surface area contributed by atoms with Gasteiger partial charge in [-0.15, -0.1) is 0 Å². The van der Waals surface area contributed by atoms with E-state index in [4.69, 9.17) is 4.42 Å². The van der Waals surface area contributed by atoms with Crippen molar-refractivity contribution in [3.63, 3.8) is 0 Å². The van der Waals surface area contributed by atoms with Crippen molar-refractivity contribution in [3.05, 3.63) is 47.7 Å². The van der Waals surface area contributed by atoms with E-state index in [2.05, 4.69) is 43.4 Å². The fraction of sp³-hybridized carbons (Fsp3) is 0.333. The molecule has 0 radical (unpaired) electrons. The molecule has 0 fully saturated rings. The molecule has 2 nitrogen and oxygen atoms in total. The second-order valence-corrected chi connectivity index (χ2v) is 4.58. The van der Waals surface area contributed by atoms with Crippen LogP contribution in [-0.2, 0) is 6.54 Å². The summed E-state index contributed by atoms with van der Waals surface area (Å²) in [7, 11) is 1.92. The molecule has 0 spiro atoms. The molecule has 90 valence electrons. The van der Waals surface area contributed by atoms with Crippen LogP contribution in [0.1, 0.15) is 31.1 Å². The highest BCUT2D eigenvalue weighted by molar-refractivity contribution is 5.58. The van der Waals surface area contributed by atoms with Crippen molar-refractivity contribution in [2.75, 3.05) is 7.05 Å². The molecular formula is C15H19NO. The summed E-state index contributed by atoms with van der Waals surface area (Å²) in [6.45, 7) is 5.17. The normalized spacial score (nSPS) is 11.1. The molecule has 0 amide bonds. The van der Waals surface area contributed by atoms with Crippen LogP contribution >= 0.6 is 0 Å². The predicted octanol–water partition coefficient (Wildman–Crippen LogP) is 3.79. The molecule has 0 unspecified atom stereocenters. The van der Waals surface area contributed by atoms with E-state index < -0.39 is 0 Å². The number of hydrogen-bond donors (Lipinski definition) is 1. The van der Waals surface area contributed by atoms with E-state index in [9.17, 15) is 0 Å². The van der Waals surface area contributed by atoms with Gasteiger partial charge in [0.25, 0.3) is 0 Å². The van der Waals surface area contributed by atoms with E-state index in [1.807, 2.05) is 19.2 Å². The molecule has 2 aromatic rings. The lowest BCUT2D eigenvalue weighted by molar-refractivity contribution is 0.507. The molecule has 0 aliphatic rings.